The monoisotopic (exact) mass is 259 g/mol. The van der Waals surface area contributed by atoms with E-state index in [1.807, 2.05) is 32.0 Å². The third-order valence-electron chi connectivity index (χ3n) is 3.33. The average molecular weight is 259 g/mol. The van der Waals surface area contributed by atoms with Crippen LogP contribution in [0.3, 0.4) is 0 Å². The third kappa shape index (κ3) is 2.33. The molecule has 0 unspecified atom stereocenters. The van der Waals surface area contributed by atoms with E-state index in [-0.39, 0.29) is 11.2 Å². The highest BCUT2D eigenvalue weighted by Crippen LogP contribution is 2.20. The summed E-state index contributed by atoms with van der Waals surface area (Å²) in [5.74, 6) is 0.625. The number of fused-ring (bicyclic) bond motifs is 1. The summed E-state index contributed by atoms with van der Waals surface area (Å²) in [4.78, 5) is 21.5. The van der Waals surface area contributed by atoms with Gasteiger partial charge in [-0.1, -0.05) is 12.1 Å². The molecule has 1 N–H and O–H groups in total. The Hall–Kier alpha value is -1.88. The van der Waals surface area contributed by atoms with Gasteiger partial charge in [0.1, 0.15) is 0 Å². The number of hydrogen-bond acceptors (Lipinski definition) is 4. The highest BCUT2D eigenvalue weighted by Gasteiger charge is 2.28. The van der Waals surface area contributed by atoms with Gasteiger partial charge in [-0.3, -0.25) is 9.78 Å². The lowest BCUT2D eigenvalue weighted by Crippen LogP contribution is -2.49. The lowest BCUT2D eigenvalue weighted by atomic mass is 10.1. The SMILES string of the molecule is CC1(C)CN(c2nc3ccccc3c(=O)[nH]2)CCO1. The number of hydrogen-bond donors (Lipinski definition) is 1. The van der Waals surface area contributed by atoms with Crippen LogP contribution in [0.2, 0.25) is 0 Å². The van der Waals surface area contributed by atoms with E-state index in [9.17, 15) is 4.79 Å². The molecule has 0 saturated carbocycles. The fourth-order valence-corrected chi connectivity index (χ4v) is 2.42. The van der Waals surface area contributed by atoms with Crippen LogP contribution in [-0.4, -0.2) is 35.3 Å². The van der Waals surface area contributed by atoms with Crippen LogP contribution < -0.4 is 10.5 Å². The van der Waals surface area contributed by atoms with Crippen LogP contribution in [0.25, 0.3) is 10.9 Å². The van der Waals surface area contributed by atoms with E-state index >= 15 is 0 Å². The smallest absolute Gasteiger partial charge is 0.260 e. The van der Waals surface area contributed by atoms with Crippen molar-refractivity contribution in [1.29, 1.82) is 0 Å². The van der Waals surface area contributed by atoms with Gasteiger partial charge >= 0.3 is 0 Å². The largest absolute Gasteiger partial charge is 0.372 e. The van der Waals surface area contributed by atoms with Gasteiger partial charge in [0.2, 0.25) is 5.95 Å². The molecule has 2 heterocycles. The molecular weight excluding hydrogens is 242 g/mol. The lowest BCUT2D eigenvalue weighted by molar-refractivity contribution is -0.0281. The number of benzene rings is 1. The molecule has 1 aromatic carbocycles. The van der Waals surface area contributed by atoms with Gasteiger partial charge in [0.05, 0.1) is 23.1 Å². The van der Waals surface area contributed by atoms with Crippen molar-refractivity contribution in [3.05, 3.63) is 34.6 Å². The standard InChI is InChI=1S/C14H17N3O2/c1-14(2)9-17(7-8-19-14)13-15-11-6-4-3-5-10(11)12(18)16-13/h3-6H,7-9H2,1-2H3,(H,15,16,18). The first-order valence-electron chi connectivity index (χ1n) is 6.43. The Labute approximate surface area is 111 Å². The summed E-state index contributed by atoms with van der Waals surface area (Å²) in [6.45, 7) is 6.18. The summed E-state index contributed by atoms with van der Waals surface area (Å²) in [5.41, 5.74) is 0.415. The van der Waals surface area contributed by atoms with Crippen molar-refractivity contribution in [2.75, 3.05) is 24.6 Å². The number of H-pyrrole nitrogens is 1. The van der Waals surface area contributed by atoms with E-state index in [1.165, 1.54) is 0 Å². The second-order valence-electron chi connectivity index (χ2n) is 5.44. The molecule has 0 atom stereocenters. The molecule has 2 aromatic rings. The molecule has 0 radical (unpaired) electrons. The van der Waals surface area contributed by atoms with Gasteiger partial charge in [0.15, 0.2) is 0 Å². The number of para-hydroxylation sites is 1. The quantitative estimate of drug-likeness (QED) is 0.844. The predicted molar refractivity (Wildman–Crippen MR) is 74.6 cm³/mol. The first-order chi connectivity index (χ1) is 9.05. The number of nitrogens with zero attached hydrogens (tertiary/aromatic N) is 2. The Morgan fingerprint density at radius 3 is 2.95 bits per heavy atom. The molecule has 19 heavy (non-hydrogen) atoms. The summed E-state index contributed by atoms with van der Waals surface area (Å²) in [7, 11) is 0. The Balaban J connectivity index is 2.03. The van der Waals surface area contributed by atoms with Gasteiger partial charge in [0, 0.05) is 13.1 Å². The normalized spacial score (nSPS) is 18.7. The Kier molecular flexibility index (Phi) is 2.78. The van der Waals surface area contributed by atoms with Crippen molar-refractivity contribution in [3.8, 4) is 0 Å². The lowest BCUT2D eigenvalue weighted by Gasteiger charge is -2.38. The highest BCUT2D eigenvalue weighted by molar-refractivity contribution is 5.78. The number of nitrogens with one attached hydrogen (secondary N) is 1. The van der Waals surface area contributed by atoms with Gasteiger partial charge in [-0.25, -0.2) is 4.98 Å². The summed E-state index contributed by atoms with van der Waals surface area (Å²) in [5, 5.41) is 0.624. The van der Waals surface area contributed by atoms with Gasteiger partial charge in [0.25, 0.3) is 5.56 Å². The molecule has 1 saturated heterocycles. The molecular formula is C14H17N3O2. The van der Waals surface area contributed by atoms with Crippen molar-refractivity contribution >= 4 is 16.9 Å². The van der Waals surface area contributed by atoms with Crippen molar-refractivity contribution in [1.82, 2.24) is 9.97 Å². The van der Waals surface area contributed by atoms with E-state index in [1.54, 1.807) is 6.07 Å². The Bertz CT molecular complexity index is 663. The molecule has 0 bridgehead atoms. The minimum atomic E-state index is -0.220. The van der Waals surface area contributed by atoms with E-state index in [0.717, 1.165) is 12.1 Å². The maximum absolute atomic E-state index is 12.1. The number of rotatable bonds is 1. The minimum Gasteiger partial charge on any atom is -0.372 e. The molecule has 1 aliphatic heterocycles. The van der Waals surface area contributed by atoms with E-state index < -0.39 is 0 Å². The first kappa shape index (κ1) is 12.2. The first-order valence-corrected chi connectivity index (χ1v) is 6.43. The molecule has 0 aliphatic carbocycles. The fraction of sp³-hybridized carbons (Fsp3) is 0.429. The number of aromatic amines is 1. The minimum absolute atomic E-state index is 0.0927. The third-order valence-corrected chi connectivity index (χ3v) is 3.33. The molecule has 5 nitrogen and oxygen atoms in total. The van der Waals surface area contributed by atoms with Gasteiger partial charge in [-0.05, 0) is 26.0 Å². The Morgan fingerprint density at radius 2 is 2.16 bits per heavy atom. The summed E-state index contributed by atoms with van der Waals surface area (Å²) >= 11 is 0. The van der Waals surface area contributed by atoms with Crippen LogP contribution >= 0.6 is 0 Å². The zero-order chi connectivity index (χ0) is 13.5. The Morgan fingerprint density at radius 1 is 1.37 bits per heavy atom. The molecule has 0 spiro atoms. The number of morpholine rings is 1. The summed E-state index contributed by atoms with van der Waals surface area (Å²) < 4.78 is 5.67. The number of aromatic nitrogens is 2. The van der Waals surface area contributed by atoms with Gasteiger partial charge < -0.3 is 9.64 Å². The van der Waals surface area contributed by atoms with E-state index in [2.05, 4.69) is 14.9 Å². The highest BCUT2D eigenvalue weighted by atomic mass is 16.5. The average Bonchev–Trinajstić information content (AvgIpc) is 2.37. The zero-order valence-electron chi connectivity index (χ0n) is 11.1. The van der Waals surface area contributed by atoms with Crippen LogP contribution in [0.4, 0.5) is 5.95 Å². The molecule has 100 valence electrons. The number of anilines is 1. The van der Waals surface area contributed by atoms with Crippen molar-refractivity contribution in [3.63, 3.8) is 0 Å². The zero-order valence-corrected chi connectivity index (χ0v) is 11.1. The van der Waals surface area contributed by atoms with Gasteiger partial charge in [-0.2, -0.15) is 0 Å². The second kappa shape index (κ2) is 4.35. The van der Waals surface area contributed by atoms with E-state index in [0.29, 0.717) is 24.5 Å². The maximum atomic E-state index is 12.1. The van der Waals surface area contributed by atoms with Crippen LogP contribution in [0, 0.1) is 0 Å². The van der Waals surface area contributed by atoms with Crippen LogP contribution in [-0.2, 0) is 4.74 Å². The van der Waals surface area contributed by atoms with E-state index in [4.69, 9.17) is 4.74 Å². The molecule has 3 rings (SSSR count). The molecule has 1 fully saturated rings. The summed E-state index contributed by atoms with van der Waals surface area (Å²) in [6.07, 6.45) is 0. The fourth-order valence-electron chi connectivity index (χ4n) is 2.42. The second-order valence-corrected chi connectivity index (χ2v) is 5.44. The van der Waals surface area contributed by atoms with Crippen molar-refractivity contribution < 1.29 is 4.74 Å². The molecule has 1 aliphatic rings. The molecule has 5 heteroatoms. The number of ether oxygens (including phenoxy) is 1. The van der Waals surface area contributed by atoms with Crippen molar-refractivity contribution in [2.24, 2.45) is 0 Å². The van der Waals surface area contributed by atoms with Crippen LogP contribution in [0.5, 0.6) is 0 Å². The van der Waals surface area contributed by atoms with Crippen molar-refractivity contribution in [2.45, 2.75) is 19.4 Å². The predicted octanol–water partition coefficient (Wildman–Crippen LogP) is 1.54. The molecule has 0 amide bonds. The summed E-state index contributed by atoms with van der Waals surface area (Å²) in [6, 6.07) is 7.38. The van der Waals surface area contributed by atoms with Gasteiger partial charge in [-0.15, -0.1) is 0 Å². The van der Waals surface area contributed by atoms with Crippen LogP contribution in [0.1, 0.15) is 13.8 Å². The topological polar surface area (TPSA) is 58.2 Å². The maximum Gasteiger partial charge on any atom is 0.260 e. The van der Waals surface area contributed by atoms with Crippen LogP contribution in [0.15, 0.2) is 29.1 Å². The molecule has 1 aromatic heterocycles.